The van der Waals surface area contributed by atoms with E-state index < -0.39 is 36.3 Å². The maximum absolute atomic E-state index is 13.4. The normalized spacial score (nSPS) is 11.9. The Hall–Kier alpha value is -4.69. The van der Waals surface area contributed by atoms with Gasteiger partial charge in [0, 0.05) is 17.4 Å². The summed E-state index contributed by atoms with van der Waals surface area (Å²) < 4.78 is 10.6. The first-order chi connectivity index (χ1) is 21.1. The second-order valence-corrected chi connectivity index (χ2v) is 10.0. The summed E-state index contributed by atoms with van der Waals surface area (Å²) in [5, 5.41) is 19.8. The van der Waals surface area contributed by atoms with E-state index in [1.165, 1.54) is 37.4 Å². The van der Waals surface area contributed by atoms with E-state index in [9.17, 15) is 24.0 Å². The van der Waals surface area contributed by atoms with Crippen molar-refractivity contribution in [3.05, 3.63) is 47.5 Å². The zero-order chi connectivity index (χ0) is 32.5. The molecule has 0 fully saturated rings. The maximum Gasteiger partial charge on any atom is 0.341 e. The van der Waals surface area contributed by atoms with Gasteiger partial charge in [0.05, 0.1) is 18.2 Å². The molecule has 0 saturated heterocycles. The van der Waals surface area contributed by atoms with Gasteiger partial charge in [0.2, 0.25) is 12.3 Å². The minimum absolute atomic E-state index is 0.0285. The molecule has 0 aromatic heterocycles. The molecule has 2 unspecified atom stereocenters. The number of amides is 4. The fourth-order valence-corrected chi connectivity index (χ4v) is 4.29. The van der Waals surface area contributed by atoms with Crippen LogP contribution in [0.3, 0.4) is 0 Å². The van der Waals surface area contributed by atoms with Crippen LogP contribution >= 0.6 is 0 Å². The van der Waals surface area contributed by atoms with Crippen LogP contribution in [0.2, 0.25) is 0 Å². The van der Waals surface area contributed by atoms with Gasteiger partial charge in [-0.1, -0.05) is 6.42 Å². The van der Waals surface area contributed by atoms with E-state index in [0.717, 1.165) is 12.8 Å². The third-order valence-corrected chi connectivity index (χ3v) is 6.55. The van der Waals surface area contributed by atoms with Crippen molar-refractivity contribution in [2.75, 3.05) is 37.4 Å². The molecule has 14 heteroatoms. The van der Waals surface area contributed by atoms with E-state index in [1.54, 1.807) is 6.07 Å². The minimum atomic E-state index is -1.22. The van der Waals surface area contributed by atoms with Crippen molar-refractivity contribution in [3.8, 4) is 11.5 Å². The van der Waals surface area contributed by atoms with E-state index in [0.29, 0.717) is 44.4 Å². The SMILES string of the molecule is COc1ccc(NC=O)cc1C(=O)NC(CCCCN)C(=O)Nc1ccc(OCC(=O)O)c(C(=O)NC(C)CCCCN)c1. The number of ether oxygens (including phenoxy) is 2. The summed E-state index contributed by atoms with van der Waals surface area (Å²) in [5.41, 5.74) is 11.9. The molecule has 4 amide bonds. The second-order valence-electron chi connectivity index (χ2n) is 10.0. The number of benzene rings is 2. The lowest BCUT2D eigenvalue weighted by atomic mass is 10.1. The number of nitrogens with two attached hydrogens (primary N) is 2. The van der Waals surface area contributed by atoms with E-state index >= 15 is 0 Å². The molecule has 44 heavy (non-hydrogen) atoms. The van der Waals surface area contributed by atoms with Crippen LogP contribution in [0.1, 0.15) is 66.2 Å². The molecule has 0 heterocycles. The van der Waals surface area contributed by atoms with Crippen molar-refractivity contribution in [3.63, 3.8) is 0 Å². The largest absolute Gasteiger partial charge is 0.496 e. The second kappa shape index (κ2) is 18.8. The number of unbranched alkanes of at least 4 members (excludes halogenated alkanes) is 2. The number of nitrogens with one attached hydrogen (secondary N) is 4. The van der Waals surface area contributed by atoms with Crippen molar-refractivity contribution < 1.29 is 38.6 Å². The smallest absolute Gasteiger partial charge is 0.341 e. The zero-order valence-electron chi connectivity index (χ0n) is 25.0. The summed E-state index contributed by atoms with van der Waals surface area (Å²) in [4.78, 5) is 61.8. The third-order valence-electron chi connectivity index (χ3n) is 6.55. The Morgan fingerprint density at radius 3 is 2.09 bits per heavy atom. The lowest BCUT2D eigenvalue weighted by molar-refractivity contribution is -0.139. The highest BCUT2D eigenvalue weighted by Crippen LogP contribution is 2.25. The Labute approximate surface area is 256 Å². The molecular formula is C30H42N6O8. The van der Waals surface area contributed by atoms with Crippen LogP contribution in [0.25, 0.3) is 0 Å². The molecule has 0 aliphatic rings. The number of hydrogen-bond donors (Lipinski definition) is 7. The summed E-state index contributed by atoms with van der Waals surface area (Å²) in [7, 11) is 1.39. The highest BCUT2D eigenvalue weighted by Gasteiger charge is 2.24. The number of carbonyl (C=O) groups excluding carboxylic acids is 4. The quantitative estimate of drug-likeness (QED) is 0.0846. The number of methoxy groups -OCH3 is 1. The number of carboxylic acids is 1. The van der Waals surface area contributed by atoms with Gasteiger partial charge < -0.3 is 47.3 Å². The van der Waals surface area contributed by atoms with E-state index in [4.69, 9.17) is 26.0 Å². The van der Waals surface area contributed by atoms with Gasteiger partial charge >= 0.3 is 5.97 Å². The monoisotopic (exact) mass is 614 g/mol. The van der Waals surface area contributed by atoms with Crippen LogP contribution in [0.4, 0.5) is 11.4 Å². The average molecular weight is 615 g/mol. The molecule has 2 atom stereocenters. The standard InChI is InChI=1S/C30H42N6O8/c1-19(7-3-5-13-31)34-28(40)23-16-21(10-12-26(23)44-17-27(38)39)35-30(42)24(8-4-6-14-32)36-29(41)22-15-20(33-18-37)9-11-25(22)43-2/h9-12,15-16,18-19,24H,3-8,13-14,17,31-32H2,1-2H3,(H,33,37)(H,34,40)(H,35,42)(H,36,41)(H,38,39). The van der Waals surface area contributed by atoms with Crippen molar-refractivity contribution >= 4 is 41.5 Å². The van der Waals surface area contributed by atoms with Crippen LogP contribution < -0.4 is 42.2 Å². The van der Waals surface area contributed by atoms with Crippen LogP contribution in [0.5, 0.6) is 11.5 Å². The fraction of sp³-hybridized carbons (Fsp3) is 0.433. The molecule has 0 spiro atoms. The molecule has 2 aromatic rings. The Morgan fingerprint density at radius 1 is 0.864 bits per heavy atom. The lowest BCUT2D eigenvalue weighted by Gasteiger charge is -2.20. The summed E-state index contributed by atoms with van der Waals surface area (Å²) in [5.74, 6) is -2.62. The first kappa shape index (κ1) is 35.5. The van der Waals surface area contributed by atoms with Gasteiger partial charge in [0.1, 0.15) is 17.5 Å². The van der Waals surface area contributed by atoms with Gasteiger partial charge in [0.15, 0.2) is 6.61 Å². The molecule has 2 aromatic carbocycles. The Morgan fingerprint density at radius 2 is 1.45 bits per heavy atom. The van der Waals surface area contributed by atoms with Crippen LogP contribution in [-0.4, -0.2) is 74.1 Å². The molecular weight excluding hydrogens is 572 g/mol. The van der Waals surface area contributed by atoms with Gasteiger partial charge in [0.25, 0.3) is 11.8 Å². The summed E-state index contributed by atoms with van der Waals surface area (Å²) >= 11 is 0. The number of hydrogen-bond acceptors (Lipinski definition) is 9. The zero-order valence-corrected chi connectivity index (χ0v) is 25.0. The first-order valence-electron chi connectivity index (χ1n) is 14.3. The van der Waals surface area contributed by atoms with Crippen molar-refractivity contribution in [1.82, 2.24) is 10.6 Å². The maximum atomic E-state index is 13.4. The van der Waals surface area contributed by atoms with Gasteiger partial charge in [-0.3, -0.25) is 19.2 Å². The molecule has 2 rings (SSSR count). The third kappa shape index (κ3) is 11.5. The molecule has 0 bridgehead atoms. The molecule has 0 radical (unpaired) electrons. The molecule has 14 nitrogen and oxygen atoms in total. The van der Waals surface area contributed by atoms with Gasteiger partial charge in [-0.15, -0.1) is 0 Å². The fourth-order valence-electron chi connectivity index (χ4n) is 4.29. The van der Waals surface area contributed by atoms with E-state index in [1.807, 2.05) is 6.92 Å². The Balaban J connectivity index is 2.31. The Bertz CT molecular complexity index is 1290. The van der Waals surface area contributed by atoms with Crippen LogP contribution in [0.15, 0.2) is 36.4 Å². The van der Waals surface area contributed by atoms with Crippen molar-refractivity contribution in [2.24, 2.45) is 11.5 Å². The van der Waals surface area contributed by atoms with Crippen LogP contribution in [0, 0.1) is 0 Å². The van der Waals surface area contributed by atoms with E-state index in [2.05, 4.69) is 21.3 Å². The topological polar surface area (TPSA) is 224 Å². The van der Waals surface area contributed by atoms with Gasteiger partial charge in [-0.25, -0.2) is 4.79 Å². The molecule has 0 aliphatic heterocycles. The summed E-state index contributed by atoms with van der Waals surface area (Å²) in [6.45, 7) is 2.11. The number of carboxylic acid groups (broad SMARTS) is 1. The van der Waals surface area contributed by atoms with Crippen LogP contribution in [-0.2, 0) is 14.4 Å². The number of carbonyl (C=O) groups is 5. The predicted molar refractivity (Wildman–Crippen MR) is 165 cm³/mol. The molecule has 9 N–H and O–H groups in total. The molecule has 240 valence electrons. The molecule has 0 saturated carbocycles. The number of anilines is 2. The molecule has 0 aliphatic carbocycles. The van der Waals surface area contributed by atoms with Gasteiger partial charge in [-0.2, -0.15) is 0 Å². The highest BCUT2D eigenvalue weighted by atomic mass is 16.5. The highest BCUT2D eigenvalue weighted by molar-refractivity contribution is 6.04. The van der Waals surface area contributed by atoms with Crippen molar-refractivity contribution in [1.29, 1.82) is 0 Å². The first-order valence-corrected chi connectivity index (χ1v) is 14.3. The lowest BCUT2D eigenvalue weighted by Crippen LogP contribution is -2.44. The average Bonchev–Trinajstić information content (AvgIpc) is 3.00. The number of rotatable bonds is 20. The number of aliphatic carboxylic acids is 1. The van der Waals surface area contributed by atoms with Gasteiger partial charge in [-0.05, 0) is 88.5 Å². The predicted octanol–water partition coefficient (Wildman–Crippen LogP) is 1.84. The van der Waals surface area contributed by atoms with Crippen molar-refractivity contribution in [2.45, 2.75) is 57.5 Å². The minimum Gasteiger partial charge on any atom is -0.496 e. The Kier molecular flexibility index (Phi) is 15.1. The summed E-state index contributed by atoms with van der Waals surface area (Å²) in [6.07, 6.45) is 4.21. The van der Waals surface area contributed by atoms with E-state index in [-0.39, 0.29) is 40.8 Å². The summed E-state index contributed by atoms with van der Waals surface area (Å²) in [6, 6.07) is 7.56.